The predicted octanol–water partition coefficient (Wildman–Crippen LogP) is 2.73. The van der Waals surface area contributed by atoms with Crippen LogP contribution in [-0.2, 0) is 24.3 Å². The van der Waals surface area contributed by atoms with Gasteiger partial charge in [0.1, 0.15) is 0 Å². The molecule has 0 atom stereocenters. The van der Waals surface area contributed by atoms with Crippen molar-refractivity contribution in [3.63, 3.8) is 0 Å². The second kappa shape index (κ2) is 7.55. The van der Waals surface area contributed by atoms with E-state index in [0.29, 0.717) is 0 Å². The monoisotopic (exact) mass is 284 g/mol. The first kappa shape index (κ1) is 15.2. The number of nitrogens with zero attached hydrogens (tertiary/aromatic N) is 2. The van der Waals surface area contributed by atoms with Crippen LogP contribution in [0.15, 0.2) is 48.7 Å². The summed E-state index contributed by atoms with van der Waals surface area (Å²) in [5.41, 5.74) is 2.97. The van der Waals surface area contributed by atoms with E-state index in [9.17, 15) is 4.79 Å². The van der Waals surface area contributed by atoms with Crippen LogP contribution in [0, 0.1) is 0 Å². The third-order valence-corrected chi connectivity index (χ3v) is 3.41. The van der Waals surface area contributed by atoms with Gasteiger partial charge in [-0.15, -0.1) is 0 Å². The van der Waals surface area contributed by atoms with Gasteiger partial charge in [0, 0.05) is 19.3 Å². The number of carboxylic acids is 1. The molecule has 21 heavy (non-hydrogen) atoms. The number of hydrogen-bond donors (Lipinski definition) is 1. The predicted molar refractivity (Wildman–Crippen MR) is 81.8 cm³/mol. The van der Waals surface area contributed by atoms with Crippen LogP contribution in [0.5, 0.6) is 0 Å². The third kappa shape index (κ3) is 4.68. The van der Waals surface area contributed by atoms with Crippen LogP contribution in [-0.4, -0.2) is 27.5 Å². The van der Waals surface area contributed by atoms with Crippen LogP contribution >= 0.6 is 0 Å². The summed E-state index contributed by atoms with van der Waals surface area (Å²) in [6.07, 6.45) is 1.86. The van der Waals surface area contributed by atoms with Crippen LogP contribution in [0.1, 0.15) is 23.7 Å². The topological polar surface area (TPSA) is 53.4 Å². The Morgan fingerprint density at radius 1 is 1.10 bits per heavy atom. The van der Waals surface area contributed by atoms with Gasteiger partial charge in [-0.2, -0.15) is 0 Å². The van der Waals surface area contributed by atoms with E-state index in [1.165, 1.54) is 0 Å². The minimum Gasteiger partial charge on any atom is -0.481 e. The van der Waals surface area contributed by atoms with Crippen molar-refractivity contribution in [1.29, 1.82) is 0 Å². The summed E-state index contributed by atoms with van der Waals surface area (Å²) < 4.78 is 0. The van der Waals surface area contributed by atoms with E-state index >= 15 is 0 Å². The van der Waals surface area contributed by atoms with Gasteiger partial charge in [0.2, 0.25) is 0 Å². The summed E-state index contributed by atoms with van der Waals surface area (Å²) in [5, 5.41) is 8.99. The molecule has 0 radical (unpaired) electrons. The fourth-order valence-corrected chi connectivity index (χ4v) is 2.29. The summed E-state index contributed by atoms with van der Waals surface area (Å²) >= 11 is 0. The minimum atomic E-state index is -0.796. The zero-order chi connectivity index (χ0) is 15.1. The maximum atomic E-state index is 10.9. The van der Waals surface area contributed by atoms with Gasteiger partial charge >= 0.3 is 5.97 Å². The molecule has 0 unspecified atom stereocenters. The smallest absolute Gasteiger partial charge is 0.307 e. The molecule has 0 saturated carbocycles. The van der Waals surface area contributed by atoms with E-state index < -0.39 is 5.97 Å². The lowest BCUT2D eigenvalue weighted by Gasteiger charge is -2.21. The Bertz CT molecular complexity index is 584. The molecule has 2 rings (SSSR count). The van der Waals surface area contributed by atoms with Crippen molar-refractivity contribution >= 4 is 5.97 Å². The lowest BCUT2D eigenvalue weighted by atomic mass is 10.0. The Balaban J connectivity index is 2.09. The normalized spacial score (nSPS) is 10.8. The first-order chi connectivity index (χ1) is 10.2. The molecule has 0 aliphatic heterocycles. The van der Waals surface area contributed by atoms with Gasteiger partial charge in [0.25, 0.3) is 0 Å². The first-order valence-electron chi connectivity index (χ1n) is 7.10. The highest BCUT2D eigenvalue weighted by Crippen LogP contribution is 2.14. The van der Waals surface area contributed by atoms with Gasteiger partial charge in [-0.25, -0.2) is 0 Å². The Hall–Kier alpha value is -2.20. The Morgan fingerprint density at radius 2 is 1.81 bits per heavy atom. The second-order valence-corrected chi connectivity index (χ2v) is 4.96. The van der Waals surface area contributed by atoms with E-state index in [0.717, 1.165) is 36.5 Å². The molecule has 1 aromatic heterocycles. The van der Waals surface area contributed by atoms with Crippen molar-refractivity contribution in [2.24, 2.45) is 0 Å². The summed E-state index contributed by atoms with van der Waals surface area (Å²) in [7, 11) is 0. The quantitative estimate of drug-likeness (QED) is 0.849. The molecular weight excluding hydrogens is 264 g/mol. The maximum absolute atomic E-state index is 10.9. The van der Waals surface area contributed by atoms with E-state index in [4.69, 9.17) is 5.11 Å². The molecule has 0 aliphatic carbocycles. The van der Waals surface area contributed by atoms with Crippen LogP contribution in [0.3, 0.4) is 0 Å². The van der Waals surface area contributed by atoms with Gasteiger partial charge in [-0.3, -0.25) is 14.7 Å². The summed E-state index contributed by atoms with van der Waals surface area (Å²) in [5.74, 6) is -0.796. The number of hydrogen-bond acceptors (Lipinski definition) is 3. The Kier molecular flexibility index (Phi) is 5.46. The average molecular weight is 284 g/mol. The van der Waals surface area contributed by atoms with Crippen LogP contribution in [0.4, 0.5) is 0 Å². The number of benzene rings is 1. The van der Waals surface area contributed by atoms with Crippen molar-refractivity contribution < 1.29 is 9.90 Å². The molecule has 0 bridgehead atoms. The fraction of sp³-hybridized carbons (Fsp3) is 0.294. The number of rotatable bonds is 7. The van der Waals surface area contributed by atoms with Crippen molar-refractivity contribution in [1.82, 2.24) is 9.88 Å². The van der Waals surface area contributed by atoms with Crippen LogP contribution in [0.25, 0.3) is 0 Å². The average Bonchev–Trinajstić information content (AvgIpc) is 2.49. The molecule has 2 aromatic rings. The molecule has 1 N–H and O–H groups in total. The van der Waals surface area contributed by atoms with E-state index in [2.05, 4.69) is 16.8 Å². The largest absolute Gasteiger partial charge is 0.481 e. The third-order valence-electron chi connectivity index (χ3n) is 3.41. The SMILES string of the molecule is CCN(Cc1ccccn1)Cc1ccccc1CC(=O)O. The number of aliphatic carboxylic acids is 1. The highest BCUT2D eigenvalue weighted by Gasteiger charge is 2.10. The van der Waals surface area contributed by atoms with Crippen molar-refractivity contribution in [2.45, 2.75) is 26.4 Å². The molecule has 0 saturated heterocycles. The molecule has 1 aromatic carbocycles. The molecular formula is C17H20N2O2. The van der Waals surface area contributed by atoms with E-state index in [-0.39, 0.29) is 6.42 Å². The zero-order valence-electron chi connectivity index (χ0n) is 12.2. The van der Waals surface area contributed by atoms with Gasteiger partial charge in [-0.05, 0) is 29.8 Å². The van der Waals surface area contributed by atoms with Crippen molar-refractivity contribution in [2.75, 3.05) is 6.54 Å². The number of aromatic nitrogens is 1. The fourth-order valence-electron chi connectivity index (χ4n) is 2.29. The van der Waals surface area contributed by atoms with E-state index in [1.807, 2.05) is 42.5 Å². The Labute approximate surface area is 125 Å². The lowest BCUT2D eigenvalue weighted by molar-refractivity contribution is -0.136. The molecule has 0 spiro atoms. The van der Waals surface area contributed by atoms with Crippen molar-refractivity contribution in [3.05, 3.63) is 65.5 Å². The summed E-state index contributed by atoms with van der Waals surface area (Å²) in [4.78, 5) is 17.5. The Morgan fingerprint density at radius 3 is 2.43 bits per heavy atom. The van der Waals surface area contributed by atoms with Crippen LogP contribution < -0.4 is 0 Å². The van der Waals surface area contributed by atoms with E-state index in [1.54, 1.807) is 6.20 Å². The van der Waals surface area contributed by atoms with Gasteiger partial charge in [0.15, 0.2) is 0 Å². The molecule has 1 heterocycles. The van der Waals surface area contributed by atoms with Gasteiger partial charge < -0.3 is 5.11 Å². The first-order valence-corrected chi connectivity index (χ1v) is 7.10. The molecule has 4 nitrogen and oxygen atoms in total. The van der Waals surface area contributed by atoms with Gasteiger partial charge in [-0.1, -0.05) is 37.3 Å². The number of carboxylic acid groups (broad SMARTS) is 1. The van der Waals surface area contributed by atoms with Gasteiger partial charge in [0.05, 0.1) is 12.1 Å². The maximum Gasteiger partial charge on any atom is 0.307 e. The zero-order valence-corrected chi connectivity index (χ0v) is 12.2. The minimum absolute atomic E-state index is 0.0668. The molecule has 110 valence electrons. The molecule has 0 amide bonds. The summed E-state index contributed by atoms with van der Waals surface area (Å²) in [6.45, 7) is 4.48. The molecule has 0 aliphatic rings. The lowest BCUT2D eigenvalue weighted by Crippen LogP contribution is -2.23. The summed E-state index contributed by atoms with van der Waals surface area (Å²) in [6, 6.07) is 13.6. The number of pyridine rings is 1. The second-order valence-electron chi connectivity index (χ2n) is 4.96. The highest BCUT2D eigenvalue weighted by molar-refractivity contribution is 5.70. The van der Waals surface area contributed by atoms with Crippen LogP contribution in [0.2, 0.25) is 0 Å². The van der Waals surface area contributed by atoms with Crippen molar-refractivity contribution in [3.8, 4) is 0 Å². The highest BCUT2D eigenvalue weighted by atomic mass is 16.4. The molecule has 0 fully saturated rings. The standard InChI is InChI=1S/C17H20N2O2/c1-2-19(13-16-9-5-6-10-18-16)12-15-8-4-3-7-14(15)11-17(20)21/h3-10H,2,11-13H2,1H3,(H,20,21). The molecule has 4 heteroatoms. The number of carbonyl (C=O) groups is 1.